The molecule has 0 radical (unpaired) electrons. The van der Waals surface area contributed by atoms with Crippen LogP contribution in [0.2, 0.25) is 0 Å². The molecular formula is C21H26N4O3. The van der Waals surface area contributed by atoms with Gasteiger partial charge in [0.05, 0.1) is 0 Å². The number of fused-ring (bicyclic) bond motifs is 1. The Labute approximate surface area is 164 Å². The smallest absolute Gasteiger partial charge is 0.328 e. The molecule has 28 heavy (non-hydrogen) atoms. The highest BCUT2D eigenvalue weighted by Gasteiger charge is 2.34. The summed E-state index contributed by atoms with van der Waals surface area (Å²) in [6, 6.07) is 8.07. The van der Waals surface area contributed by atoms with Gasteiger partial charge in [-0.2, -0.15) is 0 Å². The normalized spacial score (nSPS) is 18.3. The number of benzene rings is 1. The van der Waals surface area contributed by atoms with E-state index in [2.05, 4.69) is 9.98 Å². The van der Waals surface area contributed by atoms with Gasteiger partial charge in [0.25, 0.3) is 0 Å². The van der Waals surface area contributed by atoms with Crippen LogP contribution in [0.15, 0.2) is 47.7 Å². The standard InChI is InChI=1S/C21H26N4O3/c1-12(15-6-5-9-24-11-15)21(3,4)28-20(26)18(22)14-7-8-17-16(10-14)25-19(23)13(2)27-17/h5-13,18H,22H2,1-4H3,(H2,23,25). The van der Waals surface area contributed by atoms with E-state index in [4.69, 9.17) is 20.9 Å². The van der Waals surface area contributed by atoms with Gasteiger partial charge in [-0.05, 0) is 50.1 Å². The van der Waals surface area contributed by atoms with Crippen molar-refractivity contribution >= 4 is 17.5 Å². The van der Waals surface area contributed by atoms with E-state index < -0.39 is 17.6 Å². The molecule has 0 bridgehead atoms. The van der Waals surface area contributed by atoms with Crippen molar-refractivity contribution in [3.8, 4) is 5.75 Å². The van der Waals surface area contributed by atoms with Crippen LogP contribution in [-0.2, 0) is 9.53 Å². The van der Waals surface area contributed by atoms with E-state index in [9.17, 15) is 4.79 Å². The zero-order chi connectivity index (χ0) is 20.5. The van der Waals surface area contributed by atoms with Gasteiger partial charge in [0.1, 0.15) is 28.9 Å². The number of carbonyl (C=O) groups is 1. The maximum atomic E-state index is 12.7. The number of nitrogens with two attached hydrogens (primary N) is 2. The Bertz CT molecular complexity index is 896. The summed E-state index contributed by atoms with van der Waals surface area (Å²) < 4.78 is 11.5. The van der Waals surface area contributed by atoms with Crippen molar-refractivity contribution in [1.29, 1.82) is 0 Å². The van der Waals surface area contributed by atoms with Crippen LogP contribution in [0.1, 0.15) is 50.8 Å². The summed E-state index contributed by atoms with van der Waals surface area (Å²) in [5.74, 6) is 0.423. The lowest BCUT2D eigenvalue weighted by molar-refractivity contribution is -0.160. The zero-order valence-corrected chi connectivity index (χ0v) is 16.5. The molecule has 7 nitrogen and oxygen atoms in total. The van der Waals surface area contributed by atoms with Crippen molar-refractivity contribution < 1.29 is 14.3 Å². The first-order valence-electron chi connectivity index (χ1n) is 9.22. The lowest BCUT2D eigenvalue weighted by atomic mass is 9.87. The van der Waals surface area contributed by atoms with Crippen molar-refractivity contribution in [2.75, 3.05) is 0 Å². The molecule has 0 aliphatic carbocycles. The second kappa shape index (κ2) is 7.59. The molecule has 3 atom stereocenters. The maximum Gasteiger partial charge on any atom is 0.328 e. The molecule has 0 saturated heterocycles. The van der Waals surface area contributed by atoms with Crippen molar-refractivity contribution in [2.45, 2.75) is 51.4 Å². The average Bonchev–Trinajstić information content (AvgIpc) is 2.67. The third-order valence-electron chi connectivity index (χ3n) is 5.16. The lowest BCUT2D eigenvalue weighted by Gasteiger charge is -2.33. The molecule has 0 fully saturated rings. The number of ether oxygens (including phenoxy) is 2. The summed E-state index contributed by atoms with van der Waals surface area (Å²) in [6.07, 6.45) is 3.19. The van der Waals surface area contributed by atoms with Crippen LogP contribution >= 0.6 is 0 Å². The number of hydrogen-bond donors (Lipinski definition) is 2. The molecule has 4 N–H and O–H groups in total. The monoisotopic (exact) mass is 382 g/mol. The van der Waals surface area contributed by atoms with Gasteiger partial charge in [-0.15, -0.1) is 0 Å². The number of aliphatic imine (C=N–C) groups is 1. The topological polar surface area (TPSA) is 113 Å². The first kappa shape index (κ1) is 19.8. The Hall–Kier alpha value is -2.93. The molecule has 0 saturated carbocycles. The lowest BCUT2D eigenvalue weighted by Crippen LogP contribution is -2.37. The van der Waals surface area contributed by atoms with Crippen LogP contribution in [-0.4, -0.2) is 28.5 Å². The van der Waals surface area contributed by atoms with Crippen molar-refractivity contribution in [2.24, 2.45) is 16.5 Å². The van der Waals surface area contributed by atoms with E-state index in [0.717, 1.165) is 5.56 Å². The second-order valence-electron chi connectivity index (χ2n) is 7.53. The van der Waals surface area contributed by atoms with Gasteiger partial charge in [0.2, 0.25) is 0 Å². The van der Waals surface area contributed by atoms with Gasteiger partial charge in [-0.3, -0.25) is 4.98 Å². The molecule has 3 rings (SSSR count). The number of nitrogens with zero attached hydrogens (tertiary/aromatic N) is 2. The van der Waals surface area contributed by atoms with Gasteiger partial charge in [0.15, 0.2) is 6.10 Å². The minimum atomic E-state index is -0.943. The first-order chi connectivity index (χ1) is 13.2. The quantitative estimate of drug-likeness (QED) is 0.769. The fraction of sp³-hybridized carbons (Fsp3) is 0.381. The SMILES string of the molecule is CC1Oc2ccc(C(N)C(=O)OC(C)(C)C(C)c3cccnc3)cc2N=C1N. The molecule has 2 aromatic rings. The molecule has 148 valence electrons. The molecule has 2 heterocycles. The Morgan fingerprint density at radius 2 is 2.04 bits per heavy atom. The van der Waals surface area contributed by atoms with E-state index >= 15 is 0 Å². The summed E-state index contributed by atoms with van der Waals surface area (Å²) in [7, 11) is 0. The molecule has 7 heteroatoms. The highest BCUT2D eigenvalue weighted by molar-refractivity contribution is 5.90. The fourth-order valence-electron chi connectivity index (χ4n) is 2.98. The molecule has 1 aliphatic rings. The number of hydrogen-bond acceptors (Lipinski definition) is 7. The minimum Gasteiger partial charge on any atom is -0.481 e. The highest BCUT2D eigenvalue weighted by atomic mass is 16.6. The number of aromatic nitrogens is 1. The van der Waals surface area contributed by atoms with Gasteiger partial charge < -0.3 is 20.9 Å². The largest absolute Gasteiger partial charge is 0.481 e. The van der Waals surface area contributed by atoms with E-state index in [-0.39, 0.29) is 12.0 Å². The average molecular weight is 382 g/mol. The van der Waals surface area contributed by atoms with Gasteiger partial charge in [-0.1, -0.05) is 19.1 Å². The number of pyridine rings is 1. The van der Waals surface area contributed by atoms with Crippen LogP contribution < -0.4 is 16.2 Å². The van der Waals surface area contributed by atoms with Gasteiger partial charge in [-0.25, -0.2) is 9.79 Å². The number of rotatable bonds is 5. The van der Waals surface area contributed by atoms with Crippen molar-refractivity contribution in [3.05, 3.63) is 53.9 Å². The van der Waals surface area contributed by atoms with Crippen molar-refractivity contribution in [3.63, 3.8) is 0 Å². The van der Waals surface area contributed by atoms with Gasteiger partial charge in [0, 0.05) is 18.3 Å². The van der Waals surface area contributed by atoms with E-state index in [0.29, 0.717) is 22.8 Å². The third kappa shape index (κ3) is 3.99. The molecule has 1 aromatic carbocycles. The Morgan fingerprint density at radius 1 is 1.29 bits per heavy atom. The predicted molar refractivity (Wildman–Crippen MR) is 108 cm³/mol. The molecule has 3 unspecified atom stereocenters. The van der Waals surface area contributed by atoms with Crippen LogP contribution in [0.25, 0.3) is 0 Å². The molecule has 1 aromatic heterocycles. The Balaban J connectivity index is 1.76. The number of amidine groups is 1. The molecule has 1 aliphatic heterocycles. The first-order valence-corrected chi connectivity index (χ1v) is 9.22. The van der Waals surface area contributed by atoms with Crippen LogP contribution in [0.5, 0.6) is 5.75 Å². The minimum absolute atomic E-state index is 0.0554. The fourth-order valence-corrected chi connectivity index (χ4v) is 2.98. The molecule has 0 spiro atoms. The third-order valence-corrected chi connectivity index (χ3v) is 5.16. The summed E-state index contributed by atoms with van der Waals surface area (Å²) in [4.78, 5) is 21.2. The number of esters is 1. The highest BCUT2D eigenvalue weighted by Crippen LogP contribution is 2.35. The van der Waals surface area contributed by atoms with Crippen LogP contribution in [0, 0.1) is 0 Å². The summed E-state index contributed by atoms with van der Waals surface area (Å²) >= 11 is 0. The van der Waals surface area contributed by atoms with Crippen molar-refractivity contribution in [1.82, 2.24) is 4.98 Å². The maximum absolute atomic E-state index is 12.7. The Morgan fingerprint density at radius 3 is 2.71 bits per heavy atom. The van der Waals surface area contributed by atoms with E-state index in [1.165, 1.54) is 0 Å². The molecule has 0 amide bonds. The van der Waals surface area contributed by atoms with Crippen LogP contribution in [0.4, 0.5) is 5.69 Å². The number of carbonyl (C=O) groups excluding carboxylic acids is 1. The van der Waals surface area contributed by atoms with Gasteiger partial charge >= 0.3 is 5.97 Å². The summed E-state index contributed by atoms with van der Waals surface area (Å²) in [5, 5.41) is 0. The zero-order valence-electron chi connectivity index (χ0n) is 16.5. The summed E-state index contributed by atoms with van der Waals surface area (Å²) in [6.45, 7) is 7.54. The molecular weight excluding hydrogens is 356 g/mol. The van der Waals surface area contributed by atoms with Crippen LogP contribution in [0.3, 0.4) is 0 Å². The van der Waals surface area contributed by atoms with E-state index in [1.54, 1.807) is 30.6 Å². The Kier molecular flexibility index (Phi) is 5.38. The second-order valence-corrected chi connectivity index (χ2v) is 7.53. The predicted octanol–water partition coefficient (Wildman–Crippen LogP) is 2.98. The summed E-state index contributed by atoms with van der Waals surface area (Å²) in [5.41, 5.74) is 13.4. The van der Waals surface area contributed by atoms with E-state index in [1.807, 2.05) is 39.8 Å².